The number of aliphatic hydroxyl groups excluding tert-OH is 1. The number of ether oxygens (including phenoxy) is 2. The summed E-state index contributed by atoms with van der Waals surface area (Å²) >= 11 is 0. The largest absolute Gasteiger partial charge is 0.466 e. The Balaban J connectivity index is 2.16. The molecule has 0 bridgehead atoms. The molecule has 0 aliphatic carbocycles. The number of hydrogen-bond donors (Lipinski definition) is 1. The van der Waals surface area contributed by atoms with Gasteiger partial charge in [0.2, 0.25) is 0 Å². The van der Waals surface area contributed by atoms with Crippen molar-refractivity contribution in [3.63, 3.8) is 0 Å². The standard InChI is InChI=1S/C53H101N3O5/c1-4-6-8-10-12-14-16-18-20-22-24-26-28-32-41-52(58)60-47-35-30-31-40-51(57)50(49-55(3)44-38-46-56-45-37-43-54-56)39-34-36-48-61-53(59)42-33-29-27-25-23-21-19-17-15-13-11-9-7-5-2/h37,43,45,50-51,57H,4-36,38-42,44,46-49H2,1-3H3. The Labute approximate surface area is 377 Å². The van der Waals surface area contributed by atoms with E-state index in [0.717, 1.165) is 96.7 Å². The minimum Gasteiger partial charge on any atom is -0.466 e. The fourth-order valence-corrected chi connectivity index (χ4v) is 8.65. The van der Waals surface area contributed by atoms with Gasteiger partial charge in [0, 0.05) is 38.3 Å². The van der Waals surface area contributed by atoms with Crippen molar-refractivity contribution in [1.82, 2.24) is 14.7 Å². The van der Waals surface area contributed by atoms with E-state index in [2.05, 4.69) is 30.9 Å². The smallest absolute Gasteiger partial charge is 0.305 e. The van der Waals surface area contributed by atoms with Gasteiger partial charge in [-0.3, -0.25) is 14.3 Å². The van der Waals surface area contributed by atoms with Crippen molar-refractivity contribution < 1.29 is 24.2 Å². The molecule has 2 atom stereocenters. The molecular weight excluding hydrogens is 759 g/mol. The van der Waals surface area contributed by atoms with Crippen molar-refractivity contribution in [1.29, 1.82) is 0 Å². The molecule has 61 heavy (non-hydrogen) atoms. The van der Waals surface area contributed by atoms with Crippen LogP contribution in [0.2, 0.25) is 0 Å². The molecule has 358 valence electrons. The summed E-state index contributed by atoms with van der Waals surface area (Å²) in [4.78, 5) is 27.0. The number of carbonyl (C=O) groups excluding carboxylic acids is 2. The van der Waals surface area contributed by atoms with E-state index in [1.165, 1.54) is 154 Å². The van der Waals surface area contributed by atoms with Gasteiger partial charge in [0.25, 0.3) is 0 Å². The average Bonchev–Trinajstić information content (AvgIpc) is 3.78. The van der Waals surface area contributed by atoms with Crippen LogP contribution in [-0.2, 0) is 25.6 Å². The van der Waals surface area contributed by atoms with Gasteiger partial charge in [-0.2, -0.15) is 5.10 Å². The maximum atomic E-state index is 12.4. The van der Waals surface area contributed by atoms with Crippen molar-refractivity contribution in [2.45, 2.75) is 270 Å². The molecule has 1 aromatic rings. The maximum Gasteiger partial charge on any atom is 0.305 e. The highest BCUT2D eigenvalue weighted by Gasteiger charge is 2.21. The highest BCUT2D eigenvalue weighted by Crippen LogP contribution is 2.21. The molecule has 0 radical (unpaired) electrons. The summed E-state index contributed by atoms with van der Waals surface area (Å²) in [6, 6.07) is 1.96. The summed E-state index contributed by atoms with van der Waals surface area (Å²) < 4.78 is 13.1. The van der Waals surface area contributed by atoms with E-state index in [-0.39, 0.29) is 24.0 Å². The lowest BCUT2D eigenvalue weighted by atomic mass is 9.91. The van der Waals surface area contributed by atoms with Gasteiger partial charge in [0.05, 0.1) is 19.3 Å². The first kappa shape index (κ1) is 57.1. The Morgan fingerprint density at radius 1 is 0.541 bits per heavy atom. The van der Waals surface area contributed by atoms with Gasteiger partial charge in [-0.15, -0.1) is 0 Å². The Morgan fingerprint density at radius 3 is 1.36 bits per heavy atom. The zero-order valence-corrected chi connectivity index (χ0v) is 40.7. The number of aromatic nitrogens is 2. The molecule has 1 N–H and O–H groups in total. The van der Waals surface area contributed by atoms with Crippen LogP contribution in [0.4, 0.5) is 0 Å². The van der Waals surface area contributed by atoms with Crippen molar-refractivity contribution in [3.8, 4) is 0 Å². The number of carbonyl (C=O) groups is 2. The first-order valence-electron chi connectivity index (χ1n) is 26.6. The van der Waals surface area contributed by atoms with Crippen molar-refractivity contribution >= 4 is 11.9 Å². The van der Waals surface area contributed by atoms with Gasteiger partial charge in [0.15, 0.2) is 0 Å². The lowest BCUT2D eigenvalue weighted by molar-refractivity contribution is -0.144. The quantitative estimate of drug-likeness (QED) is 0.0515. The van der Waals surface area contributed by atoms with Crippen LogP contribution in [0.3, 0.4) is 0 Å². The zero-order chi connectivity index (χ0) is 44.1. The molecule has 0 aliphatic rings. The highest BCUT2D eigenvalue weighted by molar-refractivity contribution is 5.69. The van der Waals surface area contributed by atoms with Crippen LogP contribution in [0, 0.1) is 5.92 Å². The Kier molecular flexibility index (Phi) is 41.8. The summed E-state index contributed by atoms with van der Waals surface area (Å²) in [5.41, 5.74) is 0. The van der Waals surface area contributed by atoms with Crippen molar-refractivity contribution in [2.75, 3.05) is 33.4 Å². The van der Waals surface area contributed by atoms with Gasteiger partial charge in [0.1, 0.15) is 0 Å². The van der Waals surface area contributed by atoms with Gasteiger partial charge in [-0.05, 0) is 83.4 Å². The van der Waals surface area contributed by atoms with Crippen LogP contribution < -0.4 is 0 Å². The number of aryl methyl sites for hydroxylation is 1. The Bertz CT molecular complexity index is 1050. The SMILES string of the molecule is CCCCCCCCCCCCCCCCC(=O)OCCCCCC(O)C(CCCCOC(=O)CCCCCCCCCCCCCCCC)CN(C)CCCn1cccn1. The molecule has 8 nitrogen and oxygen atoms in total. The van der Waals surface area contributed by atoms with E-state index >= 15 is 0 Å². The molecule has 0 spiro atoms. The molecule has 2 unspecified atom stereocenters. The van der Waals surface area contributed by atoms with E-state index < -0.39 is 0 Å². The number of rotatable bonds is 48. The summed E-state index contributed by atoms with van der Waals surface area (Å²) in [5, 5.41) is 15.6. The monoisotopic (exact) mass is 860 g/mol. The number of unbranched alkanes of at least 4 members (excludes halogenated alkanes) is 29. The lowest BCUT2D eigenvalue weighted by Crippen LogP contribution is -2.34. The topological polar surface area (TPSA) is 93.9 Å². The third-order valence-electron chi connectivity index (χ3n) is 12.7. The van der Waals surface area contributed by atoms with Crippen LogP contribution in [0.5, 0.6) is 0 Å². The third-order valence-corrected chi connectivity index (χ3v) is 12.7. The van der Waals surface area contributed by atoms with Gasteiger partial charge >= 0.3 is 11.9 Å². The number of nitrogens with zero attached hydrogens (tertiary/aromatic N) is 3. The molecule has 1 rings (SSSR count). The van der Waals surface area contributed by atoms with Crippen LogP contribution in [0.15, 0.2) is 18.5 Å². The van der Waals surface area contributed by atoms with E-state index in [1.54, 1.807) is 0 Å². The second kappa shape index (κ2) is 44.7. The normalized spacial score (nSPS) is 12.6. The Morgan fingerprint density at radius 2 is 0.934 bits per heavy atom. The molecule has 1 aromatic heterocycles. The number of hydrogen-bond acceptors (Lipinski definition) is 7. The molecule has 0 amide bonds. The van der Waals surface area contributed by atoms with E-state index in [1.807, 2.05) is 23.1 Å². The first-order valence-corrected chi connectivity index (χ1v) is 26.6. The lowest BCUT2D eigenvalue weighted by Gasteiger charge is -2.28. The fraction of sp³-hybridized carbons (Fsp3) is 0.906. The molecular formula is C53H101N3O5. The summed E-state index contributed by atoms with van der Waals surface area (Å²) in [5.74, 6) is 0.0481. The Hall–Kier alpha value is -1.93. The molecule has 0 saturated carbocycles. The molecule has 0 saturated heterocycles. The predicted molar refractivity (Wildman–Crippen MR) is 258 cm³/mol. The minimum absolute atomic E-state index is 0.0601. The van der Waals surface area contributed by atoms with Crippen LogP contribution >= 0.6 is 0 Å². The summed E-state index contributed by atoms with van der Waals surface area (Å²) in [6.07, 6.45) is 48.4. The zero-order valence-electron chi connectivity index (χ0n) is 40.7. The van der Waals surface area contributed by atoms with Crippen LogP contribution in [0.25, 0.3) is 0 Å². The number of aliphatic hydroxyl groups is 1. The number of esters is 2. The second-order valence-corrected chi connectivity index (χ2v) is 18.7. The van der Waals surface area contributed by atoms with E-state index in [9.17, 15) is 14.7 Å². The van der Waals surface area contributed by atoms with Gasteiger partial charge < -0.3 is 19.5 Å². The first-order chi connectivity index (χ1) is 30.0. The van der Waals surface area contributed by atoms with Crippen molar-refractivity contribution in [2.24, 2.45) is 5.92 Å². The summed E-state index contributed by atoms with van der Waals surface area (Å²) in [6.45, 7) is 8.19. The minimum atomic E-state index is -0.376. The van der Waals surface area contributed by atoms with Gasteiger partial charge in [-0.25, -0.2) is 0 Å². The fourth-order valence-electron chi connectivity index (χ4n) is 8.65. The molecule has 0 aromatic carbocycles. The van der Waals surface area contributed by atoms with E-state index in [4.69, 9.17) is 9.47 Å². The molecule has 8 heteroatoms. The summed E-state index contributed by atoms with van der Waals surface area (Å²) in [7, 11) is 2.15. The molecule has 0 fully saturated rings. The predicted octanol–water partition coefficient (Wildman–Crippen LogP) is 14.7. The highest BCUT2D eigenvalue weighted by atomic mass is 16.5. The van der Waals surface area contributed by atoms with Crippen LogP contribution in [0.1, 0.15) is 258 Å². The van der Waals surface area contributed by atoms with E-state index in [0.29, 0.717) is 26.1 Å². The maximum absolute atomic E-state index is 12.4. The van der Waals surface area contributed by atoms with Gasteiger partial charge in [-0.1, -0.05) is 187 Å². The average molecular weight is 860 g/mol. The molecule has 1 heterocycles. The van der Waals surface area contributed by atoms with Crippen molar-refractivity contribution in [3.05, 3.63) is 18.5 Å². The van der Waals surface area contributed by atoms with Crippen LogP contribution in [-0.4, -0.2) is 71.2 Å². The second-order valence-electron chi connectivity index (χ2n) is 18.7. The molecule has 0 aliphatic heterocycles. The third kappa shape index (κ3) is 39.4.